The van der Waals surface area contributed by atoms with Crippen LogP contribution in [0.4, 0.5) is 5.69 Å². The molecule has 1 fully saturated rings. The summed E-state index contributed by atoms with van der Waals surface area (Å²) in [5.41, 5.74) is 8.75. The highest BCUT2D eigenvalue weighted by molar-refractivity contribution is 7.51. The summed E-state index contributed by atoms with van der Waals surface area (Å²) in [6, 6.07) is 14.7. The van der Waals surface area contributed by atoms with E-state index in [1.165, 1.54) is 0 Å². The summed E-state index contributed by atoms with van der Waals surface area (Å²) in [6.07, 6.45) is -0.116. The number of nitrogens with one attached hydrogen (secondary N) is 1. The van der Waals surface area contributed by atoms with Crippen LogP contribution in [-0.4, -0.2) is 34.2 Å². The van der Waals surface area contributed by atoms with E-state index in [4.69, 9.17) is 20.9 Å². The van der Waals surface area contributed by atoms with Gasteiger partial charge in [0.05, 0.1) is 6.16 Å². The van der Waals surface area contributed by atoms with Crippen molar-refractivity contribution in [3.63, 3.8) is 0 Å². The van der Waals surface area contributed by atoms with Crippen LogP contribution in [0.3, 0.4) is 0 Å². The second-order valence-electron chi connectivity index (χ2n) is 6.46. The first-order chi connectivity index (χ1) is 12.2. The van der Waals surface area contributed by atoms with Crippen LogP contribution in [0, 0.1) is 11.3 Å². The molecule has 1 heterocycles. The number of carbonyl (C=O) groups is 1. The molecule has 0 aliphatic carbocycles. The molecule has 0 aromatic heterocycles. The number of hydrogen-bond acceptors (Lipinski definition) is 3. The lowest BCUT2D eigenvalue weighted by molar-refractivity contribution is -0.117. The monoisotopic (exact) mass is 373 g/mol. The number of amidine groups is 1. The molecular weight excluding hydrogens is 353 g/mol. The number of benzene rings is 2. The molecule has 1 saturated heterocycles. The molecule has 1 aliphatic heterocycles. The Kier molecular flexibility index (Phi) is 4.96. The Morgan fingerprint density at radius 3 is 2.15 bits per heavy atom. The second-order valence-corrected chi connectivity index (χ2v) is 8.15. The van der Waals surface area contributed by atoms with Crippen LogP contribution in [-0.2, 0) is 9.36 Å². The third kappa shape index (κ3) is 4.19. The van der Waals surface area contributed by atoms with E-state index >= 15 is 0 Å². The van der Waals surface area contributed by atoms with Gasteiger partial charge in [0.15, 0.2) is 0 Å². The summed E-state index contributed by atoms with van der Waals surface area (Å²) in [6.45, 7) is 0.316. The van der Waals surface area contributed by atoms with Gasteiger partial charge >= 0.3 is 7.60 Å². The summed E-state index contributed by atoms with van der Waals surface area (Å²) < 4.78 is 11.1. The normalized spacial score (nSPS) is 17.5. The van der Waals surface area contributed by atoms with Crippen LogP contribution in [0.5, 0.6) is 0 Å². The molecule has 2 aromatic carbocycles. The van der Waals surface area contributed by atoms with Crippen LogP contribution in [0.1, 0.15) is 12.0 Å². The van der Waals surface area contributed by atoms with Crippen LogP contribution >= 0.6 is 7.60 Å². The standard InChI is InChI=1S/C18H20N3O4P/c19-18(20)15-3-1-13(2-4-15)14-5-7-16(8-6-14)21-10-12(9-17(21)22)11-26(23,24)25/h1-8,12H,9-11H2,(H3,19,20)(H2,23,24,25). The number of amides is 1. The molecule has 1 unspecified atom stereocenters. The first kappa shape index (κ1) is 18.3. The summed E-state index contributed by atoms with van der Waals surface area (Å²) in [5.74, 6) is -0.437. The quantitative estimate of drug-likeness (QED) is 0.363. The van der Waals surface area contributed by atoms with E-state index in [0.29, 0.717) is 17.8 Å². The third-order valence-electron chi connectivity index (χ3n) is 4.41. The first-order valence-electron chi connectivity index (χ1n) is 8.13. The Hall–Kier alpha value is -2.47. The van der Waals surface area contributed by atoms with E-state index in [0.717, 1.165) is 11.1 Å². The molecule has 3 rings (SSSR count). The van der Waals surface area contributed by atoms with Crippen molar-refractivity contribution in [2.24, 2.45) is 11.7 Å². The van der Waals surface area contributed by atoms with Gasteiger partial charge in [-0.2, -0.15) is 0 Å². The Morgan fingerprint density at radius 1 is 1.12 bits per heavy atom. The lowest BCUT2D eigenvalue weighted by atomic mass is 10.0. The van der Waals surface area contributed by atoms with Gasteiger partial charge in [0.25, 0.3) is 0 Å². The molecule has 1 aliphatic rings. The average molecular weight is 373 g/mol. The molecule has 0 bridgehead atoms. The summed E-state index contributed by atoms with van der Waals surface area (Å²) in [4.78, 5) is 31.9. The maximum atomic E-state index is 12.2. The van der Waals surface area contributed by atoms with E-state index in [2.05, 4.69) is 0 Å². The molecule has 1 amide bonds. The third-order valence-corrected chi connectivity index (χ3v) is 5.40. The Labute approximate surface area is 151 Å². The molecule has 2 aromatic rings. The molecule has 5 N–H and O–H groups in total. The van der Waals surface area contributed by atoms with E-state index < -0.39 is 7.60 Å². The fourth-order valence-corrected chi connectivity index (χ4v) is 4.08. The highest BCUT2D eigenvalue weighted by Crippen LogP contribution is 2.40. The van der Waals surface area contributed by atoms with E-state index in [1.54, 1.807) is 17.0 Å². The number of hydrogen-bond donors (Lipinski definition) is 4. The highest BCUT2D eigenvalue weighted by Gasteiger charge is 2.34. The van der Waals surface area contributed by atoms with Crippen molar-refractivity contribution in [1.82, 2.24) is 0 Å². The van der Waals surface area contributed by atoms with Crippen LogP contribution in [0.25, 0.3) is 11.1 Å². The lowest BCUT2D eigenvalue weighted by Crippen LogP contribution is -2.24. The van der Waals surface area contributed by atoms with Gasteiger partial charge in [-0.3, -0.25) is 14.8 Å². The van der Waals surface area contributed by atoms with Crippen molar-refractivity contribution in [2.45, 2.75) is 6.42 Å². The molecule has 1 atom stereocenters. The fraction of sp³-hybridized carbons (Fsp3) is 0.222. The van der Waals surface area contributed by atoms with E-state index in [-0.39, 0.29) is 30.2 Å². The van der Waals surface area contributed by atoms with Gasteiger partial charge in [-0.05, 0) is 29.2 Å². The molecular formula is C18H20N3O4P. The largest absolute Gasteiger partial charge is 0.384 e. The van der Waals surface area contributed by atoms with Gasteiger partial charge < -0.3 is 20.4 Å². The minimum Gasteiger partial charge on any atom is -0.384 e. The predicted octanol–water partition coefficient (Wildman–Crippen LogP) is 2.17. The van der Waals surface area contributed by atoms with Crippen LogP contribution in [0.15, 0.2) is 48.5 Å². The van der Waals surface area contributed by atoms with Crippen molar-refractivity contribution in [1.29, 1.82) is 5.41 Å². The second kappa shape index (κ2) is 7.03. The van der Waals surface area contributed by atoms with Gasteiger partial charge in [-0.25, -0.2) is 0 Å². The van der Waals surface area contributed by atoms with Crippen molar-refractivity contribution in [2.75, 3.05) is 17.6 Å². The van der Waals surface area contributed by atoms with Crippen LogP contribution in [0.2, 0.25) is 0 Å². The zero-order valence-corrected chi connectivity index (χ0v) is 14.9. The number of nitrogen functional groups attached to an aromatic ring is 1. The number of nitrogens with two attached hydrogens (primary N) is 1. The van der Waals surface area contributed by atoms with Crippen molar-refractivity contribution < 1.29 is 19.1 Å². The molecule has 26 heavy (non-hydrogen) atoms. The number of anilines is 1. The molecule has 0 saturated carbocycles. The number of carbonyl (C=O) groups excluding carboxylic acids is 1. The highest BCUT2D eigenvalue weighted by atomic mass is 31.2. The average Bonchev–Trinajstić information content (AvgIpc) is 2.93. The topological polar surface area (TPSA) is 128 Å². The minimum absolute atomic E-state index is 0.0179. The number of rotatable bonds is 5. The maximum absolute atomic E-state index is 12.2. The molecule has 7 nitrogen and oxygen atoms in total. The molecule has 8 heteroatoms. The van der Waals surface area contributed by atoms with Gasteiger partial charge in [0.1, 0.15) is 5.84 Å². The van der Waals surface area contributed by atoms with Crippen molar-refractivity contribution in [3.05, 3.63) is 54.1 Å². The van der Waals surface area contributed by atoms with Crippen LogP contribution < -0.4 is 10.6 Å². The number of nitrogens with zero attached hydrogens (tertiary/aromatic N) is 1. The zero-order chi connectivity index (χ0) is 18.9. The zero-order valence-electron chi connectivity index (χ0n) is 14.0. The summed E-state index contributed by atoms with van der Waals surface area (Å²) in [5, 5.41) is 7.42. The van der Waals surface area contributed by atoms with Gasteiger partial charge in [0, 0.05) is 24.2 Å². The van der Waals surface area contributed by atoms with Crippen molar-refractivity contribution >= 4 is 25.0 Å². The smallest absolute Gasteiger partial charge is 0.325 e. The first-order valence-corrected chi connectivity index (χ1v) is 9.92. The Balaban J connectivity index is 1.74. The van der Waals surface area contributed by atoms with Gasteiger partial charge in [-0.1, -0.05) is 36.4 Å². The predicted molar refractivity (Wildman–Crippen MR) is 100 cm³/mol. The van der Waals surface area contributed by atoms with E-state index in [1.807, 2.05) is 36.4 Å². The molecule has 136 valence electrons. The fourth-order valence-electron chi connectivity index (χ4n) is 3.17. The van der Waals surface area contributed by atoms with Gasteiger partial charge in [-0.15, -0.1) is 0 Å². The SMILES string of the molecule is N=C(N)c1ccc(-c2ccc(N3CC(CP(=O)(O)O)CC3=O)cc2)cc1. The minimum atomic E-state index is -4.12. The Morgan fingerprint density at radius 2 is 1.65 bits per heavy atom. The summed E-state index contributed by atoms with van der Waals surface area (Å²) in [7, 11) is -4.12. The Bertz CT molecular complexity index is 874. The van der Waals surface area contributed by atoms with Gasteiger partial charge in [0.2, 0.25) is 5.91 Å². The molecule has 0 radical (unpaired) electrons. The summed E-state index contributed by atoms with van der Waals surface area (Å²) >= 11 is 0. The van der Waals surface area contributed by atoms with Crippen molar-refractivity contribution in [3.8, 4) is 11.1 Å². The van der Waals surface area contributed by atoms with E-state index in [9.17, 15) is 9.36 Å². The lowest BCUT2D eigenvalue weighted by Gasteiger charge is -2.17. The maximum Gasteiger partial charge on any atom is 0.325 e. The molecule has 0 spiro atoms.